The average molecular weight is 266 g/mol. The molecule has 0 saturated heterocycles. The molecule has 1 aromatic rings. The summed E-state index contributed by atoms with van der Waals surface area (Å²) in [5, 5.41) is 11.2. The van der Waals surface area contributed by atoms with Crippen molar-refractivity contribution in [3.05, 3.63) is 23.9 Å². The van der Waals surface area contributed by atoms with Crippen molar-refractivity contribution in [2.24, 2.45) is 0 Å². The summed E-state index contributed by atoms with van der Waals surface area (Å²) in [5.74, 6) is 0.485. The molecule has 19 heavy (non-hydrogen) atoms. The van der Waals surface area contributed by atoms with Crippen LogP contribution in [0.1, 0.15) is 32.9 Å². The number of amides is 1. The molecule has 1 rings (SSSR count). The van der Waals surface area contributed by atoms with Crippen molar-refractivity contribution in [3.63, 3.8) is 0 Å². The highest BCUT2D eigenvalue weighted by Gasteiger charge is 2.12. The first kappa shape index (κ1) is 15.4. The molecule has 0 aliphatic carbocycles. The predicted molar refractivity (Wildman–Crippen MR) is 73.0 cm³/mol. The lowest BCUT2D eigenvalue weighted by atomic mass is 10.2. The van der Waals surface area contributed by atoms with E-state index in [9.17, 15) is 4.79 Å². The Hall–Kier alpha value is -1.62. The molecule has 0 bridgehead atoms. The highest BCUT2D eigenvalue weighted by Crippen LogP contribution is 2.16. The van der Waals surface area contributed by atoms with Gasteiger partial charge in [0.15, 0.2) is 0 Å². The normalized spacial score (nSPS) is 11.2. The van der Waals surface area contributed by atoms with Crippen LogP contribution in [0.2, 0.25) is 0 Å². The number of pyridine rings is 1. The molecule has 0 aromatic carbocycles. The SMILES string of the molecule is CC(C)(C)Oc1cccc(CCC(=O)NCCO)n1. The van der Waals surface area contributed by atoms with Gasteiger partial charge in [-0.25, -0.2) is 4.98 Å². The molecule has 0 aliphatic rings. The van der Waals surface area contributed by atoms with Crippen LogP contribution in [-0.2, 0) is 11.2 Å². The van der Waals surface area contributed by atoms with Gasteiger partial charge in [-0.2, -0.15) is 0 Å². The van der Waals surface area contributed by atoms with E-state index in [0.717, 1.165) is 5.69 Å². The van der Waals surface area contributed by atoms with Gasteiger partial charge in [-0.1, -0.05) is 6.07 Å². The fourth-order valence-corrected chi connectivity index (χ4v) is 1.49. The van der Waals surface area contributed by atoms with E-state index >= 15 is 0 Å². The molecule has 0 fully saturated rings. The number of carbonyl (C=O) groups excluding carboxylic acids is 1. The molecule has 1 amide bonds. The van der Waals surface area contributed by atoms with Crippen molar-refractivity contribution in [2.45, 2.75) is 39.2 Å². The first-order valence-corrected chi connectivity index (χ1v) is 6.43. The number of rotatable bonds is 6. The van der Waals surface area contributed by atoms with Gasteiger partial charge in [-0.3, -0.25) is 4.79 Å². The number of aliphatic hydroxyl groups is 1. The maximum Gasteiger partial charge on any atom is 0.220 e. The summed E-state index contributed by atoms with van der Waals surface area (Å²) in [4.78, 5) is 15.8. The highest BCUT2D eigenvalue weighted by atomic mass is 16.5. The first-order valence-electron chi connectivity index (χ1n) is 6.43. The molecular formula is C14H22N2O3. The molecule has 1 aromatic heterocycles. The van der Waals surface area contributed by atoms with Crippen LogP contribution in [-0.4, -0.2) is 34.8 Å². The largest absolute Gasteiger partial charge is 0.472 e. The monoisotopic (exact) mass is 266 g/mol. The summed E-state index contributed by atoms with van der Waals surface area (Å²) in [6.07, 6.45) is 0.907. The Bertz CT molecular complexity index is 413. The standard InChI is InChI=1S/C14H22N2O3/c1-14(2,3)19-13-6-4-5-11(16-13)7-8-12(18)15-9-10-17/h4-6,17H,7-10H2,1-3H3,(H,15,18). The molecule has 2 N–H and O–H groups in total. The lowest BCUT2D eigenvalue weighted by Gasteiger charge is -2.20. The Morgan fingerprint density at radius 2 is 2.16 bits per heavy atom. The van der Waals surface area contributed by atoms with Gasteiger partial charge in [0.05, 0.1) is 6.61 Å². The fraction of sp³-hybridized carbons (Fsp3) is 0.571. The van der Waals surface area contributed by atoms with Gasteiger partial charge in [0.2, 0.25) is 11.8 Å². The number of hydrogen-bond donors (Lipinski definition) is 2. The van der Waals surface area contributed by atoms with Gasteiger partial charge in [0.25, 0.3) is 0 Å². The van der Waals surface area contributed by atoms with E-state index in [1.54, 1.807) is 6.07 Å². The molecule has 0 unspecified atom stereocenters. The summed E-state index contributed by atoms with van der Waals surface area (Å²) in [6.45, 7) is 6.13. The number of nitrogens with one attached hydrogen (secondary N) is 1. The van der Waals surface area contributed by atoms with Crippen molar-refractivity contribution < 1.29 is 14.6 Å². The van der Waals surface area contributed by atoms with E-state index in [0.29, 0.717) is 25.3 Å². The third-order valence-electron chi connectivity index (χ3n) is 2.23. The van der Waals surface area contributed by atoms with E-state index < -0.39 is 0 Å². The number of aromatic nitrogens is 1. The van der Waals surface area contributed by atoms with Gasteiger partial charge in [0.1, 0.15) is 5.60 Å². The highest BCUT2D eigenvalue weighted by molar-refractivity contribution is 5.76. The summed E-state index contributed by atoms with van der Waals surface area (Å²) in [5.41, 5.74) is 0.533. The molecule has 106 valence electrons. The third kappa shape index (κ3) is 6.76. The van der Waals surface area contributed by atoms with Crippen molar-refractivity contribution >= 4 is 5.91 Å². The van der Waals surface area contributed by atoms with Crippen molar-refractivity contribution in [1.82, 2.24) is 10.3 Å². The Balaban J connectivity index is 2.50. The summed E-state index contributed by atoms with van der Waals surface area (Å²) in [6, 6.07) is 5.55. The number of hydrogen-bond acceptors (Lipinski definition) is 4. The zero-order valence-electron chi connectivity index (χ0n) is 11.8. The summed E-state index contributed by atoms with van der Waals surface area (Å²) < 4.78 is 5.67. The van der Waals surface area contributed by atoms with Crippen LogP contribution < -0.4 is 10.1 Å². The number of aryl methyl sites for hydroxylation is 1. The van der Waals surface area contributed by atoms with Crippen LogP contribution in [0.25, 0.3) is 0 Å². The van der Waals surface area contributed by atoms with Crippen LogP contribution in [0.15, 0.2) is 18.2 Å². The van der Waals surface area contributed by atoms with Gasteiger partial charge >= 0.3 is 0 Å². The predicted octanol–water partition coefficient (Wildman–Crippen LogP) is 1.30. The van der Waals surface area contributed by atoms with Crippen molar-refractivity contribution in [1.29, 1.82) is 0 Å². The second-order valence-corrected chi connectivity index (χ2v) is 5.26. The summed E-state index contributed by atoms with van der Waals surface area (Å²) in [7, 11) is 0. The average Bonchev–Trinajstić information content (AvgIpc) is 2.32. The van der Waals surface area contributed by atoms with Crippen LogP contribution >= 0.6 is 0 Å². The van der Waals surface area contributed by atoms with E-state index in [-0.39, 0.29) is 18.1 Å². The van der Waals surface area contributed by atoms with Crippen molar-refractivity contribution in [2.75, 3.05) is 13.2 Å². The molecule has 1 heterocycles. The molecule has 5 nitrogen and oxygen atoms in total. The van der Waals surface area contributed by atoms with Crippen LogP contribution in [0.5, 0.6) is 5.88 Å². The Morgan fingerprint density at radius 1 is 1.42 bits per heavy atom. The summed E-state index contributed by atoms with van der Waals surface area (Å²) >= 11 is 0. The van der Waals surface area contributed by atoms with Crippen molar-refractivity contribution in [3.8, 4) is 5.88 Å². The lowest BCUT2D eigenvalue weighted by Crippen LogP contribution is -2.26. The second-order valence-electron chi connectivity index (χ2n) is 5.26. The van der Waals surface area contributed by atoms with Gasteiger partial charge in [-0.05, 0) is 33.3 Å². The third-order valence-corrected chi connectivity index (χ3v) is 2.23. The van der Waals surface area contributed by atoms with Crippen LogP contribution in [0.4, 0.5) is 0 Å². The molecular weight excluding hydrogens is 244 g/mol. The quantitative estimate of drug-likeness (QED) is 0.814. The molecule has 0 saturated carbocycles. The molecule has 0 spiro atoms. The molecule has 0 aliphatic heterocycles. The minimum Gasteiger partial charge on any atom is -0.472 e. The smallest absolute Gasteiger partial charge is 0.220 e. The second kappa shape index (κ2) is 7.09. The van der Waals surface area contributed by atoms with E-state index in [2.05, 4.69) is 10.3 Å². The topological polar surface area (TPSA) is 71.5 Å². The minimum atomic E-state index is -0.288. The minimum absolute atomic E-state index is 0.0428. The number of ether oxygens (including phenoxy) is 1. The Kier molecular flexibility index (Phi) is 5.76. The lowest BCUT2D eigenvalue weighted by molar-refractivity contribution is -0.121. The molecule has 5 heteroatoms. The Labute approximate surface area is 114 Å². The van der Waals surface area contributed by atoms with E-state index in [1.807, 2.05) is 32.9 Å². The van der Waals surface area contributed by atoms with E-state index in [4.69, 9.17) is 9.84 Å². The number of carbonyl (C=O) groups is 1. The number of nitrogens with zero attached hydrogens (tertiary/aromatic N) is 1. The Morgan fingerprint density at radius 3 is 2.79 bits per heavy atom. The number of aliphatic hydroxyl groups excluding tert-OH is 1. The van der Waals surface area contributed by atoms with Crippen LogP contribution in [0.3, 0.4) is 0 Å². The van der Waals surface area contributed by atoms with Gasteiger partial charge < -0.3 is 15.2 Å². The first-order chi connectivity index (χ1) is 8.90. The fourth-order valence-electron chi connectivity index (χ4n) is 1.49. The zero-order chi connectivity index (χ0) is 14.3. The van der Waals surface area contributed by atoms with Crippen LogP contribution in [0, 0.1) is 0 Å². The maximum absolute atomic E-state index is 11.4. The van der Waals surface area contributed by atoms with E-state index in [1.165, 1.54) is 0 Å². The van der Waals surface area contributed by atoms with Gasteiger partial charge in [-0.15, -0.1) is 0 Å². The zero-order valence-corrected chi connectivity index (χ0v) is 11.8. The molecule has 0 radical (unpaired) electrons. The maximum atomic E-state index is 11.4. The van der Waals surface area contributed by atoms with Gasteiger partial charge in [0, 0.05) is 24.7 Å². The molecule has 0 atom stereocenters.